The Bertz CT molecular complexity index is 1720. The summed E-state index contributed by atoms with van der Waals surface area (Å²) < 4.78 is 5.77. The fourth-order valence-corrected chi connectivity index (χ4v) is 6.74. The lowest BCUT2D eigenvalue weighted by atomic mass is 9.96. The van der Waals surface area contributed by atoms with Gasteiger partial charge < -0.3 is 20.1 Å². The van der Waals surface area contributed by atoms with Crippen molar-refractivity contribution in [3.8, 4) is 39.6 Å². The molecule has 3 heterocycles. The normalized spacial score (nSPS) is 12.7. The van der Waals surface area contributed by atoms with Gasteiger partial charge in [0.05, 0.1) is 11.3 Å². The Labute approximate surface area is 293 Å². The number of anilines is 1. The van der Waals surface area contributed by atoms with Gasteiger partial charge in [0, 0.05) is 46.9 Å². The zero-order chi connectivity index (χ0) is 31.1. The van der Waals surface area contributed by atoms with Crippen LogP contribution in [0.3, 0.4) is 0 Å². The summed E-state index contributed by atoms with van der Waals surface area (Å²) >= 11 is 9.02. The third kappa shape index (κ3) is 8.83. The van der Waals surface area contributed by atoms with Gasteiger partial charge >= 0.3 is 5.97 Å². The molecule has 2 N–H and O–H groups in total. The number of carboxylic acid groups (broad SMARTS) is 1. The van der Waals surface area contributed by atoms with Gasteiger partial charge in [0.25, 0.3) is 0 Å². The molecule has 1 unspecified atom stereocenters. The first-order valence-electron chi connectivity index (χ1n) is 14.0. The van der Waals surface area contributed by atoms with E-state index in [0.717, 1.165) is 42.2 Å². The monoisotopic (exact) mass is 716 g/mol. The average Bonchev–Trinajstić information content (AvgIpc) is 3.75. The maximum atomic E-state index is 11.0. The van der Waals surface area contributed by atoms with E-state index in [1.807, 2.05) is 41.8 Å². The molecule has 9 nitrogen and oxygen atoms in total. The van der Waals surface area contributed by atoms with Crippen LogP contribution in [0, 0.1) is 22.7 Å². The number of nitriles is 2. The SMILES string of the molecule is CC(NCCOc1ccc(-c2c(C#N)c(SCc3csc(-c4ccc(Cl)cc4)n3)nc(N3CCCC3)c2C#N)cc1)C(=O)O.Cl.Cl. The lowest BCUT2D eigenvalue weighted by Crippen LogP contribution is -2.36. The number of nitrogens with one attached hydrogen (secondary N) is 1. The Morgan fingerprint density at radius 3 is 2.35 bits per heavy atom. The molecule has 4 aromatic rings. The molecule has 0 spiro atoms. The van der Waals surface area contributed by atoms with Crippen LogP contribution >= 0.6 is 59.5 Å². The van der Waals surface area contributed by atoms with E-state index in [0.29, 0.717) is 56.2 Å². The highest BCUT2D eigenvalue weighted by Gasteiger charge is 2.26. The third-order valence-electron chi connectivity index (χ3n) is 7.11. The van der Waals surface area contributed by atoms with Crippen LogP contribution in [-0.4, -0.2) is 53.3 Å². The molecule has 2 aromatic carbocycles. The number of hydrogen-bond acceptors (Lipinski definition) is 10. The molecule has 46 heavy (non-hydrogen) atoms. The minimum atomic E-state index is -0.923. The van der Waals surface area contributed by atoms with Crippen LogP contribution in [0.1, 0.15) is 36.6 Å². The first kappa shape index (κ1) is 36.9. The number of benzene rings is 2. The minimum Gasteiger partial charge on any atom is -0.492 e. The molecule has 1 aliphatic heterocycles. The predicted molar refractivity (Wildman–Crippen MR) is 188 cm³/mol. The average molecular weight is 718 g/mol. The van der Waals surface area contributed by atoms with Crippen molar-refractivity contribution in [2.24, 2.45) is 0 Å². The Morgan fingerprint density at radius 1 is 1.07 bits per heavy atom. The van der Waals surface area contributed by atoms with Crippen molar-refractivity contribution in [3.05, 3.63) is 75.8 Å². The molecular formula is C32H31Cl3N6O3S2. The molecule has 0 radical (unpaired) electrons. The number of ether oxygens (including phenoxy) is 1. The van der Waals surface area contributed by atoms with E-state index >= 15 is 0 Å². The molecule has 5 rings (SSSR count). The maximum Gasteiger partial charge on any atom is 0.320 e. The second-order valence-electron chi connectivity index (χ2n) is 10.1. The summed E-state index contributed by atoms with van der Waals surface area (Å²) in [5.41, 5.74) is 3.86. The van der Waals surface area contributed by atoms with Gasteiger partial charge in [-0.05, 0) is 49.6 Å². The van der Waals surface area contributed by atoms with Gasteiger partial charge in [-0.15, -0.1) is 36.2 Å². The third-order valence-corrected chi connectivity index (χ3v) is 9.31. The van der Waals surface area contributed by atoms with Crippen molar-refractivity contribution >= 4 is 71.3 Å². The molecule has 0 bridgehead atoms. The summed E-state index contributed by atoms with van der Waals surface area (Å²) in [5, 5.41) is 36.7. The van der Waals surface area contributed by atoms with Crippen molar-refractivity contribution in [2.45, 2.75) is 36.6 Å². The van der Waals surface area contributed by atoms with E-state index in [-0.39, 0.29) is 31.4 Å². The van der Waals surface area contributed by atoms with Crippen LogP contribution in [0.2, 0.25) is 5.02 Å². The van der Waals surface area contributed by atoms with Crippen molar-refractivity contribution in [2.75, 3.05) is 31.1 Å². The van der Waals surface area contributed by atoms with Gasteiger partial charge in [-0.1, -0.05) is 47.6 Å². The predicted octanol–water partition coefficient (Wildman–Crippen LogP) is 7.45. The lowest BCUT2D eigenvalue weighted by molar-refractivity contribution is -0.139. The van der Waals surface area contributed by atoms with E-state index in [2.05, 4.69) is 22.4 Å². The summed E-state index contributed by atoms with van der Waals surface area (Å²) in [4.78, 5) is 22.8. The van der Waals surface area contributed by atoms with Gasteiger partial charge in [-0.2, -0.15) is 10.5 Å². The topological polar surface area (TPSA) is 135 Å². The number of halogens is 3. The Morgan fingerprint density at radius 2 is 1.72 bits per heavy atom. The quantitative estimate of drug-likeness (QED) is 0.112. The van der Waals surface area contributed by atoms with Gasteiger partial charge in [-0.25, -0.2) is 9.97 Å². The molecule has 240 valence electrons. The van der Waals surface area contributed by atoms with E-state index in [1.54, 1.807) is 30.4 Å². The molecule has 1 fully saturated rings. The molecule has 14 heteroatoms. The smallest absolute Gasteiger partial charge is 0.320 e. The first-order chi connectivity index (χ1) is 21.4. The molecule has 1 saturated heterocycles. The van der Waals surface area contributed by atoms with E-state index in [4.69, 9.17) is 31.4 Å². The van der Waals surface area contributed by atoms with Gasteiger partial charge in [-0.3, -0.25) is 4.79 Å². The number of rotatable bonds is 12. The zero-order valence-electron chi connectivity index (χ0n) is 24.7. The van der Waals surface area contributed by atoms with E-state index in [1.165, 1.54) is 11.8 Å². The van der Waals surface area contributed by atoms with Crippen molar-refractivity contribution in [1.29, 1.82) is 10.5 Å². The van der Waals surface area contributed by atoms with Gasteiger partial charge in [0.2, 0.25) is 0 Å². The number of nitrogens with zero attached hydrogens (tertiary/aromatic N) is 5. The highest BCUT2D eigenvalue weighted by Crippen LogP contribution is 2.40. The molecule has 0 saturated carbocycles. The largest absolute Gasteiger partial charge is 0.492 e. The molecule has 0 amide bonds. The molecule has 1 atom stereocenters. The van der Waals surface area contributed by atoms with Crippen molar-refractivity contribution in [1.82, 2.24) is 15.3 Å². The van der Waals surface area contributed by atoms with Crippen LogP contribution < -0.4 is 15.0 Å². The van der Waals surface area contributed by atoms with Gasteiger partial charge in [0.15, 0.2) is 0 Å². The zero-order valence-corrected chi connectivity index (χ0v) is 28.8. The summed E-state index contributed by atoms with van der Waals surface area (Å²) in [6, 6.07) is 18.8. The number of pyridine rings is 1. The van der Waals surface area contributed by atoms with Crippen molar-refractivity contribution < 1.29 is 14.6 Å². The second kappa shape index (κ2) is 17.4. The van der Waals surface area contributed by atoms with Gasteiger partial charge in [0.1, 0.15) is 52.0 Å². The van der Waals surface area contributed by atoms with Crippen LogP contribution in [-0.2, 0) is 10.5 Å². The first-order valence-corrected chi connectivity index (χ1v) is 16.3. The summed E-state index contributed by atoms with van der Waals surface area (Å²) in [7, 11) is 0. The standard InChI is InChI=1S/C32H29ClN6O3S2.2ClH/c1-20(32(40)41)36-12-15-42-25-10-6-21(7-11-25)28-26(16-34)29(39-13-2-3-14-39)38-31(27(28)17-35)44-19-24-18-43-30(37-24)22-4-8-23(33)9-5-22;;/h4-11,18,20,36H,2-3,12-15,19H2,1H3,(H,40,41);2*1H. The number of thiazole rings is 1. The Kier molecular flexibility index (Phi) is 14.0. The fraction of sp³-hybridized carbons (Fsp3) is 0.281. The maximum absolute atomic E-state index is 11.0. The summed E-state index contributed by atoms with van der Waals surface area (Å²) in [6.07, 6.45) is 2.03. The number of aromatic nitrogens is 2. The van der Waals surface area contributed by atoms with Crippen LogP contribution in [0.25, 0.3) is 21.7 Å². The van der Waals surface area contributed by atoms with Crippen LogP contribution in [0.5, 0.6) is 5.75 Å². The fourth-order valence-electron chi connectivity index (χ4n) is 4.80. The van der Waals surface area contributed by atoms with Crippen molar-refractivity contribution in [3.63, 3.8) is 0 Å². The number of hydrogen-bond donors (Lipinski definition) is 2. The number of carboxylic acids is 1. The highest BCUT2D eigenvalue weighted by molar-refractivity contribution is 7.98. The molecule has 2 aromatic heterocycles. The minimum absolute atomic E-state index is 0. The summed E-state index contributed by atoms with van der Waals surface area (Å²) in [6.45, 7) is 3.83. The lowest BCUT2D eigenvalue weighted by Gasteiger charge is -2.22. The number of thioether (sulfide) groups is 1. The second-order valence-corrected chi connectivity index (χ2v) is 12.4. The van der Waals surface area contributed by atoms with E-state index in [9.17, 15) is 15.3 Å². The molecule has 1 aliphatic rings. The Hall–Kier alpha value is -3.55. The summed E-state index contributed by atoms with van der Waals surface area (Å²) in [5.74, 6) is 0.783. The van der Waals surface area contributed by atoms with Crippen LogP contribution in [0.15, 0.2) is 58.9 Å². The number of carbonyl (C=O) groups is 1. The number of aliphatic carboxylic acids is 1. The van der Waals surface area contributed by atoms with E-state index < -0.39 is 12.0 Å². The molecular weight excluding hydrogens is 687 g/mol. The Balaban J connectivity index is 0.00000288. The molecule has 0 aliphatic carbocycles. The van der Waals surface area contributed by atoms with Crippen LogP contribution in [0.4, 0.5) is 5.82 Å². The highest BCUT2D eigenvalue weighted by atomic mass is 35.5.